The van der Waals surface area contributed by atoms with Crippen LogP contribution in [0, 0.1) is 11.8 Å². The van der Waals surface area contributed by atoms with Crippen molar-refractivity contribution in [3.8, 4) is 11.3 Å². The lowest BCUT2D eigenvalue weighted by molar-refractivity contribution is -0.162. The van der Waals surface area contributed by atoms with E-state index in [9.17, 15) is 18.0 Å². The molecule has 3 fully saturated rings. The number of anilines is 1. The van der Waals surface area contributed by atoms with Crippen LogP contribution in [0.1, 0.15) is 56.3 Å². The number of alkyl halides is 3. The number of ether oxygens (including phenoxy) is 1. The first kappa shape index (κ1) is 22.2. The molecule has 5 rings (SSSR count). The molecule has 0 radical (unpaired) electrons. The Balaban J connectivity index is 1.43. The first-order valence-electron chi connectivity index (χ1n) is 11.3. The number of pyridine rings is 1. The molecule has 3 heterocycles. The van der Waals surface area contributed by atoms with Gasteiger partial charge in [-0.25, -0.2) is 4.98 Å². The molecule has 3 atom stereocenters. The Morgan fingerprint density at radius 2 is 2.00 bits per heavy atom. The maximum atomic E-state index is 13.3. The molecule has 3 unspecified atom stereocenters. The van der Waals surface area contributed by atoms with Gasteiger partial charge in [-0.2, -0.15) is 18.3 Å². The van der Waals surface area contributed by atoms with Crippen molar-refractivity contribution < 1.29 is 22.7 Å². The van der Waals surface area contributed by atoms with E-state index in [1.165, 1.54) is 6.20 Å². The van der Waals surface area contributed by atoms with Crippen LogP contribution in [0.3, 0.4) is 0 Å². The third-order valence-corrected chi connectivity index (χ3v) is 7.63. The fourth-order valence-electron chi connectivity index (χ4n) is 5.69. The van der Waals surface area contributed by atoms with Gasteiger partial charge in [0.2, 0.25) is 5.91 Å². The second kappa shape index (κ2) is 7.44. The number of carbonyl (C=O) groups is 1. The second-order valence-corrected chi connectivity index (χ2v) is 9.79. The van der Waals surface area contributed by atoms with E-state index in [0.29, 0.717) is 35.6 Å². The lowest BCUT2D eigenvalue weighted by Gasteiger charge is -2.40. The van der Waals surface area contributed by atoms with Crippen molar-refractivity contribution in [2.45, 2.75) is 56.8 Å². The van der Waals surface area contributed by atoms with E-state index in [2.05, 4.69) is 18.8 Å². The smallest absolute Gasteiger partial charge is 0.383 e. The number of nitrogen functional groups attached to an aromatic ring is 1. The van der Waals surface area contributed by atoms with Crippen LogP contribution in [0.4, 0.5) is 19.0 Å². The number of halogens is 3. The standard InChI is InChI=1S/C23H28F3N5O2/c1-4-12(2)31-18(6-17(29-31)13-5-16(23(24,25)26)21(27)28-9-13)20-14-7-22(8-15(14)20)11-30(3)19(32)10-33-22/h5-6,9,12,14-15,20H,4,7-8,10-11H2,1-3H3,(H2,27,28). The molecule has 1 saturated heterocycles. The summed E-state index contributed by atoms with van der Waals surface area (Å²) in [5.74, 6) is 0.614. The highest BCUT2D eigenvalue weighted by atomic mass is 19.4. The molecular weight excluding hydrogens is 435 g/mol. The number of hydrogen-bond acceptors (Lipinski definition) is 5. The minimum atomic E-state index is -4.58. The molecule has 2 N–H and O–H groups in total. The molecule has 178 valence electrons. The van der Waals surface area contributed by atoms with Crippen LogP contribution in [-0.2, 0) is 15.7 Å². The lowest BCUT2D eigenvalue weighted by Crippen LogP contribution is -2.52. The summed E-state index contributed by atoms with van der Waals surface area (Å²) < 4.78 is 48.0. The van der Waals surface area contributed by atoms with Gasteiger partial charge >= 0.3 is 6.18 Å². The number of likely N-dealkylation sites (N-methyl/N-ethyl adjacent to an activating group) is 1. The topological polar surface area (TPSA) is 86.3 Å². The molecule has 2 aliphatic carbocycles. The van der Waals surface area contributed by atoms with Crippen molar-refractivity contribution in [2.75, 3.05) is 25.9 Å². The Morgan fingerprint density at radius 3 is 2.61 bits per heavy atom. The summed E-state index contributed by atoms with van der Waals surface area (Å²) >= 11 is 0. The molecule has 1 spiro atoms. The summed E-state index contributed by atoms with van der Waals surface area (Å²) in [5, 5.41) is 4.70. The van der Waals surface area contributed by atoms with E-state index >= 15 is 0 Å². The van der Waals surface area contributed by atoms with Crippen LogP contribution in [0.2, 0.25) is 0 Å². The molecule has 1 aliphatic heterocycles. The average molecular weight is 464 g/mol. The van der Waals surface area contributed by atoms with Crippen molar-refractivity contribution in [1.82, 2.24) is 19.7 Å². The number of carbonyl (C=O) groups excluding carboxylic acids is 1. The zero-order valence-corrected chi connectivity index (χ0v) is 18.9. The van der Waals surface area contributed by atoms with E-state index in [0.717, 1.165) is 31.0 Å². The molecule has 0 aromatic carbocycles. The fraction of sp³-hybridized carbons (Fsp3) is 0.609. The van der Waals surface area contributed by atoms with Crippen LogP contribution < -0.4 is 5.73 Å². The van der Waals surface area contributed by atoms with Crippen molar-refractivity contribution in [3.63, 3.8) is 0 Å². The molecular formula is C23H28F3N5O2. The van der Waals surface area contributed by atoms with Gasteiger partial charge in [0.15, 0.2) is 0 Å². The van der Waals surface area contributed by atoms with Gasteiger partial charge < -0.3 is 15.4 Å². The number of aromatic nitrogens is 3. The fourth-order valence-corrected chi connectivity index (χ4v) is 5.69. The second-order valence-electron chi connectivity index (χ2n) is 9.79. The first-order valence-corrected chi connectivity index (χ1v) is 11.3. The highest BCUT2D eigenvalue weighted by Crippen LogP contribution is 2.67. The number of morpholine rings is 1. The molecule has 33 heavy (non-hydrogen) atoms. The first-order chi connectivity index (χ1) is 15.5. The van der Waals surface area contributed by atoms with Crippen LogP contribution >= 0.6 is 0 Å². The lowest BCUT2D eigenvalue weighted by atomic mass is 9.91. The Kier molecular flexibility index (Phi) is 5.00. The van der Waals surface area contributed by atoms with E-state index in [4.69, 9.17) is 15.6 Å². The average Bonchev–Trinajstić information content (AvgIpc) is 3.10. The summed E-state index contributed by atoms with van der Waals surface area (Å²) in [6.07, 6.45) is -0.621. The van der Waals surface area contributed by atoms with Crippen molar-refractivity contribution in [1.29, 1.82) is 0 Å². The summed E-state index contributed by atoms with van der Waals surface area (Å²) in [5.41, 5.74) is 6.08. The predicted octanol–water partition coefficient (Wildman–Crippen LogP) is 3.87. The third kappa shape index (κ3) is 3.68. The Hall–Kier alpha value is -2.62. The van der Waals surface area contributed by atoms with E-state index in [1.54, 1.807) is 4.90 Å². The molecule has 0 bridgehead atoms. The maximum absolute atomic E-state index is 13.3. The van der Waals surface area contributed by atoms with Gasteiger partial charge in [-0.15, -0.1) is 0 Å². The van der Waals surface area contributed by atoms with Gasteiger partial charge in [0.1, 0.15) is 12.4 Å². The highest BCUT2D eigenvalue weighted by Gasteiger charge is 2.64. The number of nitrogens with zero attached hydrogens (tertiary/aromatic N) is 4. The summed E-state index contributed by atoms with van der Waals surface area (Å²) in [7, 11) is 1.81. The molecule has 10 heteroatoms. The zero-order chi connectivity index (χ0) is 23.7. The molecule has 1 amide bonds. The van der Waals surface area contributed by atoms with Crippen molar-refractivity contribution in [3.05, 3.63) is 29.6 Å². The summed E-state index contributed by atoms with van der Waals surface area (Å²) in [6.45, 7) is 4.86. The summed E-state index contributed by atoms with van der Waals surface area (Å²) in [6, 6.07) is 3.05. The number of rotatable bonds is 4. The zero-order valence-electron chi connectivity index (χ0n) is 18.9. The van der Waals surface area contributed by atoms with Gasteiger partial charge in [0, 0.05) is 43.0 Å². The van der Waals surface area contributed by atoms with Crippen LogP contribution in [0.25, 0.3) is 11.3 Å². The third-order valence-electron chi connectivity index (χ3n) is 7.63. The Labute approximate surface area is 190 Å². The van der Waals surface area contributed by atoms with Crippen molar-refractivity contribution >= 4 is 11.7 Å². The normalized spacial score (nSPS) is 30.1. The number of amides is 1. The van der Waals surface area contributed by atoms with E-state index in [1.807, 2.05) is 17.8 Å². The molecule has 2 aromatic heterocycles. The van der Waals surface area contributed by atoms with Gasteiger partial charge in [-0.05, 0) is 50.2 Å². The SMILES string of the molecule is CCC(C)n1nc(-c2cnc(N)c(C(F)(F)F)c2)cc1C1C2CC3(CC21)CN(C)C(=O)CO3. The maximum Gasteiger partial charge on any atom is 0.419 e. The molecule has 3 aliphatic rings. The van der Waals surface area contributed by atoms with Crippen LogP contribution in [0.5, 0.6) is 0 Å². The van der Waals surface area contributed by atoms with Crippen LogP contribution in [0.15, 0.2) is 18.3 Å². The predicted molar refractivity (Wildman–Crippen MR) is 115 cm³/mol. The van der Waals surface area contributed by atoms with Crippen molar-refractivity contribution in [2.24, 2.45) is 11.8 Å². The minimum absolute atomic E-state index is 0.00701. The molecule has 2 aromatic rings. The number of fused-ring (bicyclic) bond motifs is 1. The summed E-state index contributed by atoms with van der Waals surface area (Å²) in [4.78, 5) is 17.3. The quantitative estimate of drug-likeness (QED) is 0.744. The largest absolute Gasteiger partial charge is 0.419 e. The Bertz CT molecular complexity index is 1090. The monoisotopic (exact) mass is 463 g/mol. The van der Waals surface area contributed by atoms with Gasteiger partial charge in [0.25, 0.3) is 0 Å². The van der Waals surface area contributed by atoms with Gasteiger partial charge in [0.05, 0.1) is 16.9 Å². The van der Waals surface area contributed by atoms with Gasteiger partial charge in [-0.3, -0.25) is 9.48 Å². The molecule has 7 nitrogen and oxygen atoms in total. The number of hydrogen-bond donors (Lipinski definition) is 1. The molecule has 2 saturated carbocycles. The number of nitrogens with two attached hydrogens (primary N) is 1. The van der Waals surface area contributed by atoms with E-state index in [-0.39, 0.29) is 24.2 Å². The highest BCUT2D eigenvalue weighted by molar-refractivity contribution is 5.78. The Morgan fingerprint density at radius 1 is 1.30 bits per heavy atom. The minimum Gasteiger partial charge on any atom is -0.383 e. The van der Waals surface area contributed by atoms with E-state index < -0.39 is 17.6 Å². The van der Waals surface area contributed by atoms with Gasteiger partial charge in [-0.1, -0.05) is 6.92 Å². The van der Waals surface area contributed by atoms with Crippen LogP contribution in [-0.4, -0.2) is 51.4 Å².